The summed E-state index contributed by atoms with van der Waals surface area (Å²) >= 11 is 0. The second-order valence-corrected chi connectivity index (χ2v) is 12.5. The van der Waals surface area contributed by atoms with Crippen LogP contribution >= 0.6 is 0 Å². The van der Waals surface area contributed by atoms with E-state index in [1.807, 2.05) is 0 Å². The minimum Gasteiger partial charge on any atom is -0.481 e. The molecule has 0 saturated heterocycles. The number of carbonyl (C=O) groups is 2. The molecule has 2 unspecified atom stereocenters. The molecule has 0 fully saturated rings. The van der Waals surface area contributed by atoms with Crippen molar-refractivity contribution in [3.05, 3.63) is 0 Å². The third kappa shape index (κ3) is 41.0. The van der Waals surface area contributed by atoms with E-state index in [1.165, 1.54) is 122 Å². The third-order valence-electron chi connectivity index (χ3n) is 8.15. The molecule has 0 aliphatic rings. The number of aliphatic carboxylic acids is 2. The van der Waals surface area contributed by atoms with Gasteiger partial charge >= 0.3 is 11.9 Å². The molecule has 2 atom stereocenters. The lowest BCUT2D eigenvalue weighted by Crippen LogP contribution is -2.09. The van der Waals surface area contributed by atoms with Crippen LogP contribution in [0.1, 0.15) is 206 Å². The van der Waals surface area contributed by atoms with Gasteiger partial charge in [-0.25, -0.2) is 0 Å². The van der Waals surface area contributed by atoms with Crippen molar-refractivity contribution in [1.29, 1.82) is 0 Å². The van der Waals surface area contributed by atoms with Crippen LogP contribution in [0.4, 0.5) is 0 Å². The maximum Gasteiger partial charge on any atom is 0.303 e. The molecule has 0 aromatic carbocycles. The third-order valence-corrected chi connectivity index (χ3v) is 8.15. The smallest absolute Gasteiger partial charge is 0.303 e. The first kappa shape index (κ1) is 43.0. The molecule has 0 radical (unpaired) electrons. The fourth-order valence-corrected chi connectivity index (χ4v) is 5.32. The van der Waals surface area contributed by atoms with Gasteiger partial charge in [-0.15, -0.1) is 0 Å². The highest BCUT2D eigenvalue weighted by Crippen LogP contribution is 2.15. The van der Waals surface area contributed by atoms with E-state index < -0.39 is 18.0 Å². The molecule has 0 aromatic rings. The number of hydrogen-bond acceptors (Lipinski definition) is 4. The second-order valence-electron chi connectivity index (χ2n) is 12.5. The van der Waals surface area contributed by atoms with E-state index in [0.29, 0.717) is 12.8 Å². The quantitative estimate of drug-likeness (QED) is 0.0571. The normalized spacial score (nSPS) is 12.5. The Morgan fingerprint density at radius 3 is 0.976 bits per heavy atom. The van der Waals surface area contributed by atoms with Gasteiger partial charge in [-0.3, -0.25) is 9.59 Å². The van der Waals surface area contributed by atoms with Gasteiger partial charge in [0.25, 0.3) is 0 Å². The van der Waals surface area contributed by atoms with Crippen LogP contribution in [-0.4, -0.2) is 44.6 Å². The van der Waals surface area contributed by atoms with E-state index in [0.717, 1.165) is 51.4 Å². The second kappa shape index (κ2) is 36.1. The van der Waals surface area contributed by atoms with E-state index in [-0.39, 0.29) is 12.5 Å². The van der Waals surface area contributed by atoms with E-state index in [9.17, 15) is 19.8 Å². The molecule has 0 saturated carbocycles. The van der Waals surface area contributed by atoms with Gasteiger partial charge in [-0.2, -0.15) is 0 Å². The van der Waals surface area contributed by atoms with Crippen molar-refractivity contribution in [1.82, 2.24) is 0 Å². The Balaban J connectivity index is 0. The molecule has 42 heavy (non-hydrogen) atoms. The number of carboxylic acids is 2. The first-order valence-corrected chi connectivity index (χ1v) is 18.1. The molecule has 0 aliphatic heterocycles. The molecular formula is C36H72O6. The van der Waals surface area contributed by atoms with Crippen molar-refractivity contribution in [2.75, 3.05) is 0 Å². The maximum atomic E-state index is 10.4. The van der Waals surface area contributed by atoms with Crippen LogP contribution in [0.2, 0.25) is 0 Å². The lowest BCUT2D eigenvalue weighted by molar-refractivity contribution is -0.138. The van der Waals surface area contributed by atoms with Crippen LogP contribution < -0.4 is 0 Å². The van der Waals surface area contributed by atoms with E-state index in [1.54, 1.807) is 0 Å². The summed E-state index contributed by atoms with van der Waals surface area (Å²) in [5.74, 6) is -1.49. The monoisotopic (exact) mass is 601 g/mol. The van der Waals surface area contributed by atoms with Gasteiger partial charge in [0.1, 0.15) is 0 Å². The summed E-state index contributed by atoms with van der Waals surface area (Å²) < 4.78 is 0. The average molecular weight is 601 g/mol. The summed E-state index contributed by atoms with van der Waals surface area (Å²) in [6, 6.07) is 0. The lowest BCUT2D eigenvalue weighted by Gasteiger charge is -2.10. The number of aliphatic hydroxyl groups excluding tert-OH is 2. The summed E-state index contributed by atoms with van der Waals surface area (Å²) in [5.41, 5.74) is 0. The van der Waals surface area contributed by atoms with Crippen molar-refractivity contribution >= 4 is 11.9 Å². The van der Waals surface area contributed by atoms with E-state index in [2.05, 4.69) is 13.8 Å². The van der Waals surface area contributed by atoms with Crippen LogP contribution in [0.15, 0.2) is 0 Å². The lowest BCUT2D eigenvalue weighted by atomic mass is 10.0. The van der Waals surface area contributed by atoms with Crippen LogP contribution in [0.25, 0.3) is 0 Å². The van der Waals surface area contributed by atoms with Crippen molar-refractivity contribution in [3.8, 4) is 0 Å². The summed E-state index contributed by atoms with van der Waals surface area (Å²) in [6.45, 7) is 4.47. The minimum atomic E-state index is -0.816. The molecule has 0 spiro atoms. The highest BCUT2D eigenvalue weighted by Gasteiger charge is 2.07. The van der Waals surface area contributed by atoms with Gasteiger partial charge in [-0.05, 0) is 32.1 Å². The predicted octanol–water partition coefficient (Wildman–Crippen LogP) is 10.6. The van der Waals surface area contributed by atoms with Gasteiger partial charge in [0, 0.05) is 12.8 Å². The zero-order chi connectivity index (χ0) is 31.5. The fraction of sp³-hybridized carbons (Fsp3) is 0.944. The van der Waals surface area contributed by atoms with E-state index >= 15 is 0 Å². The summed E-state index contributed by atoms with van der Waals surface area (Å²) in [6.07, 6.45) is 32.8. The Bertz CT molecular complexity index is 553. The molecule has 252 valence electrons. The van der Waals surface area contributed by atoms with Gasteiger partial charge in [-0.1, -0.05) is 162 Å². The molecule has 0 amide bonds. The molecule has 6 nitrogen and oxygen atoms in total. The topological polar surface area (TPSA) is 115 Å². The minimum absolute atomic E-state index is 0.0828. The first-order valence-electron chi connectivity index (χ1n) is 18.1. The standard InChI is InChI=1S/2C18H36O3/c1-2-3-4-11-14-17(19)15-12-9-7-5-6-8-10-13-16-18(20)21;1-2-3-4-5-6-7-8-9-10-11-12-13-14-17(19)15-16-18(20)21/h2*17,19H,2-16H2,1H3,(H,20,21). The highest BCUT2D eigenvalue weighted by molar-refractivity contribution is 5.66. The molecule has 0 heterocycles. The largest absolute Gasteiger partial charge is 0.481 e. The molecule has 0 rings (SSSR count). The Morgan fingerprint density at radius 1 is 0.381 bits per heavy atom. The van der Waals surface area contributed by atoms with Crippen LogP contribution in [0.3, 0.4) is 0 Å². The maximum absolute atomic E-state index is 10.4. The molecule has 4 N–H and O–H groups in total. The van der Waals surface area contributed by atoms with Crippen molar-refractivity contribution < 1.29 is 30.0 Å². The van der Waals surface area contributed by atoms with Gasteiger partial charge in [0.05, 0.1) is 12.2 Å². The van der Waals surface area contributed by atoms with Crippen molar-refractivity contribution in [2.24, 2.45) is 0 Å². The molecular weight excluding hydrogens is 528 g/mol. The molecule has 0 aromatic heterocycles. The summed E-state index contributed by atoms with van der Waals surface area (Å²) in [7, 11) is 0. The highest BCUT2D eigenvalue weighted by atomic mass is 16.4. The van der Waals surface area contributed by atoms with Crippen LogP contribution in [0.5, 0.6) is 0 Å². The summed E-state index contributed by atoms with van der Waals surface area (Å²) in [5, 5.41) is 36.5. The van der Waals surface area contributed by atoms with Crippen LogP contribution in [-0.2, 0) is 9.59 Å². The average Bonchev–Trinajstić information content (AvgIpc) is 2.96. The zero-order valence-corrected chi connectivity index (χ0v) is 28.0. The zero-order valence-electron chi connectivity index (χ0n) is 28.0. The Labute approximate surface area is 260 Å². The Kier molecular flexibility index (Phi) is 36.9. The van der Waals surface area contributed by atoms with Crippen molar-refractivity contribution in [2.45, 2.75) is 219 Å². The molecule has 0 aliphatic carbocycles. The van der Waals surface area contributed by atoms with Crippen LogP contribution in [0, 0.1) is 0 Å². The van der Waals surface area contributed by atoms with Gasteiger partial charge in [0.15, 0.2) is 0 Å². The van der Waals surface area contributed by atoms with Gasteiger partial charge < -0.3 is 20.4 Å². The SMILES string of the molecule is CCCCCCC(O)CCCCCCCCCCC(=O)O.CCCCCCCCCCCCCCC(O)CCC(=O)O. The number of hydrogen-bond donors (Lipinski definition) is 4. The van der Waals surface area contributed by atoms with Gasteiger partial charge in [0.2, 0.25) is 0 Å². The first-order chi connectivity index (χ1) is 20.3. The molecule has 0 bridgehead atoms. The molecule has 6 heteroatoms. The number of rotatable bonds is 32. The number of aliphatic hydroxyl groups is 2. The number of unbranched alkanes of at least 4 members (excludes halogenated alkanes) is 21. The van der Waals surface area contributed by atoms with Crippen molar-refractivity contribution in [3.63, 3.8) is 0 Å². The predicted molar refractivity (Wildman–Crippen MR) is 177 cm³/mol. The van der Waals surface area contributed by atoms with E-state index in [4.69, 9.17) is 10.2 Å². The Hall–Kier alpha value is -1.14. The fourth-order valence-electron chi connectivity index (χ4n) is 5.32. The number of carboxylic acid groups (broad SMARTS) is 2. The summed E-state index contributed by atoms with van der Waals surface area (Å²) in [4.78, 5) is 20.7. The Morgan fingerprint density at radius 2 is 0.643 bits per heavy atom.